The van der Waals surface area contributed by atoms with Crippen LogP contribution in [0.4, 0.5) is 26.2 Å². The molecule has 1 aromatic carbocycles. The van der Waals surface area contributed by atoms with Crippen molar-refractivity contribution in [3.05, 3.63) is 53.2 Å². The number of ether oxygens (including phenoxy) is 1. The first-order valence-corrected chi connectivity index (χ1v) is 13.0. The molecule has 0 bridgehead atoms. The van der Waals surface area contributed by atoms with Gasteiger partial charge in [-0.1, -0.05) is 0 Å². The number of hydrogen-bond donors (Lipinski definition) is 2. The minimum absolute atomic E-state index is 0.191. The number of halogens is 1. The van der Waals surface area contributed by atoms with Gasteiger partial charge in [-0.15, -0.1) is 0 Å². The van der Waals surface area contributed by atoms with Gasteiger partial charge in [0.25, 0.3) is 5.91 Å². The Morgan fingerprint density at radius 1 is 1.23 bits per heavy atom. The number of imidazole rings is 1. The smallest absolute Gasteiger partial charge is 0.410 e. The Morgan fingerprint density at radius 2 is 1.97 bits per heavy atom. The molecule has 10 nitrogen and oxygen atoms in total. The Bertz CT molecular complexity index is 1490. The third-order valence-electron chi connectivity index (χ3n) is 7.31. The number of nitrogens with two attached hydrogens (primary N) is 1. The second-order valence-electron chi connectivity index (χ2n) is 11.3. The number of fused-ring (bicyclic) bond motifs is 1. The van der Waals surface area contributed by atoms with Gasteiger partial charge in [0.15, 0.2) is 11.5 Å². The molecule has 1 atom stereocenters. The van der Waals surface area contributed by atoms with Crippen molar-refractivity contribution < 1.29 is 18.7 Å². The number of carbonyl (C=O) groups excluding carboxylic acids is 2. The van der Waals surface area contributed by atoms with Crippen molar-refractivity contribution in [2.24, 2.45) is 4.99 Å². The summed E-state index contributed by atoms with van der Waals surface area (Å²) in [6, 6.07) is 4.75. The topological polar surface area (TPSA) is 118 Å². The standard InChI is InChI=1S/C28H34FN7O3/c1-17-14-35-15-18(12-21(29)24(35)32-17)33-25(37)19-6-7-22(20(13-31-5)23(19)30)34-10-8-28(16-34)9-11-36(28)26(38)39-27(2,3)4/h6-7,12-15H,8-11,16,30H2,1-5H3,(H,33,37). The summed E-state index contributed by atoms with van der Waals surface area (Å²) in [5.74, 6) is -1.00. The number of nitrogen functional groups attached to an aromatic ring is 1. The average molecular weight is 536 g/mol. The van der Waals surface area contributed by atoms with Crippen LogP contribution in [0.2, 0.25) is 0 Å². The highest BCUT2D eigenvalue weighted by atomic mass is 19.1. The maximum absolute atomic E-state index is 14.5. The number of rotatable bonds is 4. The fourth-order valence-corrected chi connectivity index (χ4v) is 5.44. The largest absolute Gasteiger partial charge is 0.444 e. The van der Waals surface area contributed by atoms with Crippen molar-refractivity contribution in [1.82, 2.24) is 14.3 Å². The van der Waals surface area contributed by atoms with Crippen molar-refractivity contribution in [3.8, 4) is 0 Å². The highest BCUT2D eigenvalue weighted by Gasteiger charge is 2.53. The monoisotopic (exact) mass is 535 g/mol. The lowest BCUT2D eigenvalue weighted by Gasteiger charge is -2.50. The Morgan fingerprint density at radius 3 is 2.64 bits per heavy atom. The lowest BCUT2D eigenvalue weighted by atomic mass is 9.84. The van der Waals surface area contributed by atoms with Gasteiger partial charge in [0.1, 0.15) is 5.60 Å². The molecule has 0 aliphatic carbocycles. The molecular weight excluding hydrogens is 501 g/mol. The molecule has 2 aliphatic heterocycles. The molecule has 0 radical (unpaired) electrons. The molecule has 5 rings (SSSR count). The van der Waals surface area contributed by atoms with E-state index in [4.69, 9.17) is 10.5 Å². The van der Waals surface area contributed by atoms with Gasteiger partial charge in [-0.05, 0) is 52.7 Å². The summed E-state index contributed by atoms with van der Waals surface area (Å²) >= 11 is 0. The normalized spacial score (nSPS) is 19.2. The van der Waals surface area contributed by atoms with Crippen molar-refractivity contribution in [3.63, 3.8) is 0 Å². The predicted molar refractivity (Wildman–Crippen MR) is 149 cm³/mol. The first-order chi connectivity index (χ1) is 18.4. The van der Waals surface area contributed by atoms with E-state index < -0.39 is 17.3 Å². The van der Waals surface area contributed by atoms with Gasteiger partial charge in [-0.3, -0.25) is 9.79 Å². The number of nitrogens with zero attached hydrogens (tertiary/aromatic N) is 5. The van der Waals surface area contributed by atoms with Crippen LogP contribution in [-0.4, -0.2) is 70.3 Å². The van der Waals surface area contributed by atoms with Crippen LogP contribution < -0.4 is 16.0 Å². The molecule has 0 saturated carbocycles. The minimum atomic E-state index is -0.559. The molecule has 4 heterocycles. The molecule has 2 saturated heterocycles. The summed E-state index contributed by atoms with van der Waals surface area (Å²) in [6.45, 7) is 9.38. The molecule has 2 aliphatic rings. The predicted octanol–water partition coefficient (Wildman–Crippen LogP) is 4.25. The van der Waals surface area contributed by atoms with E-state index in [1.54, 1.807) is 38.6 Å². The summed E-state index contributed by atoms with van der Waals surface area (Å²) in [4.78, 5) is 38.3. The molecule has 1 spiro atoms. The Balaban J connectivity index is 1.38. The van der Waals surface area contributed by atoms with Gasteiger partial charge in [0.2, 0.25) is 0 Å². The van der Waals surface area contributed by atoms with Gasteiger partial charge in [-0.25, -0.2) is 14.2 Å². The van der Waals surface area contributed by atoms with Gasteiger partial charge in [0.05, 0.1) is 28.2 Å². The SMILES string of the molecule is CN=Cc1c(N2CCC3(CCN3C(=O)OC(C)(C)C)C2)ccc(C(=O)Nc2cc(F)c3nc(C)cn3c2)c1N. The molecule has 206 valence electrons. The highest BCUT2D eigenvalue weighted by Crippen LogP contribution is 2.43. The van der Waals surface area contributed by atoms with Crippen molar-refractivity contribution in [1.29, 1.82) is 0 Å². The van der Waals surface area contributed by atoms with Crippen LogP contribution in [-0.2, 0) is 4.74 Å². The molecule has 3 aromatic rings. The third-order valence-corrected chi connectivity index (χ3v) is 7.31. The van der Waals surface area contributed by atoms with E-state index in [9.17, 15) is 14.0 Å². The minimum Gasteiger partial charge on any atom is -0.444 e. The van der Waals surface area contributed by atoms with Crippen molar-refractivity contribution in [2.45, 2.75) is 51.7 Å². The number of likely N-dealkylation sites (tertiary alicyclic amines) is 1. The molecule has 39 heavy (non-hydrogen) atoms. The van der Waals surface area contributed by atoms with E-state index in [1.807, 2.05) is 31.7 Å². The number of amides is 2. The number of aliphatic imine (C=N–C) groups is 1. The van der Waals surface area contributed by atoms with E-state index in [0.717, 1.165) is 25.1 Å². The summed E-state index contributed by atoms with van der Waals surface area (Å²) in [5, 5.41) is 2.74. The van der Waals surface area contributed by atoms with Gasteiger partial charge < -0.3 is 30.0 Å². The number of nitrogens with one attached hydrogen (secondary N) is 1. The van der Waals surface area contributed by atoms with Gasteiger partial charge in [0, 0.05) is 62.6 Å². The summed E-state index contributed by atoms with van der Waals surface area (Å²) in [5.41, 5.74) is 8.80. The number of anilines is 3. The Kier molecular flexibility index (Phi) is 6.48. The highest BCUT2D eigenvalue weighted by molar-refractivity contribution is 6.11. The summed E-state index contributed by atoms with van der Waals surface area (Å²) in [7, 11) is 1.64. The van der Waals surface area contributed by atoms with Crippen LogP contribution in [0, 0.1) is 12.7 Å². The number of aryl methyl sites for hydroxylation is 1. The first kappa shape index (κ1) is 26.5. The molecule has 3 N–H and O–H groups in total. The van der Waals surface area contributed by atoms with Crippen LogP contribution in [0.25, 0.3) is 5.65 Å². The van der Waals surface area contributed by atoms with E-state index in [2.05, 4.69) is 20.2 Å². The number of carbonyl (C=O) groups is 2. The lowest BCUT2D eigenvalue weighted by Crippen LogP contribution is -2.64. The number of pyridine rings is 1. The van der Waals surface area contributed by atoms with E-state index in [0.29, 0.717) is 24.3 Å². The van der Waals surface area contributed by atoms with Crippen LogP contribution in [0.1, 0.15) is 55.2 Å². The quantitative estimate of drug-likeness (QED) is 0.381. The summed E-state index contributed by atoms with van der Waals surface area (Å²) < 4.78 is 21.7. The number of benzene rings is 1. The molecule has 11 heteroatoms. The lowest BCUT2D eigenvalue weighted by molar-refractivity contribution is -0.0362. The molecule has 2 fully saturated rings. The van der Waals surface area contributed by atoms with Crippen LogP contribution >= 0.6 is 0 Å². The molecular formula is C28H34FN7O3. The van der Waals surface area contributed by atoms with Crippen LogP contribution in [0.3, 0.4) is 0 Å². The Labute approximate surface area is 226 Å². The molecule has 1 unspecified atom stereocenters. The maximum Gasteiger partial charge on any atom is 0.410 e. The van der Waals surface area contributed by atoms with E-state index >= 15 is 0 Å². The van der Waals surface area contributed by atoms with E-state index in [1.165, 1.54) is 10.5 Å². The number of aromatic nitrogens is 2. The fraction of sp³-hybridized carbons (Fsp3) is 0.429. The van der Waals surface area contributed by atoms with E-state index in [-0.39, 0.29) is 34.2 Å². The zero-order chi connectivity index (χ0) is 28.1. The van der Waals surface area contributed by atoms with Crippen LogP contribution in [0.5, 0.6) is 0 Å². The first-order valence-electron chi connectivity index (χ1n) is 13.0. The van der Waals surface area contributed by atoms with Gasteiger partial charge >= 0.3 is 6.09 Å². The third kappa shape index (κ3) is 4.88. The Hall–Kier alpha value is -4.15. The zero-order valence-electron chi connectivity index (χ0n) is 22.9. The second kappa shape index (κ2) is 9.55. The zero-order valence-corrected chi connectivity index (χ0v) is 22.9. The van der Waals surface area contributed by atoms with Crippen molar-refractivity contribution in [2.75, 3.05) is 42.6 Å². The maximum atomic E-state index is 14.5. The molecule has 2 amide bonds. The average Bonchev–Trinajstić information content (AvgIpc) is 3.44. The number of hydrogen-bond acceptors (Lipinski definition) is 7. The fourth-order valence-electron chi connectivity index (χ4n) is 5.44. The molecule has 2 aromatic heterocycles. The van der Waals surface area contributed by atoms with Crippen molar-refractivity contribution >= 4 is 40.9 Å². The van der Waals surface area contributed by atoms with Crippen LogP contribution in [0.15, 0.2) is 35.6 Å². The summed E-state index contributed by atoms with van der Waals surface area (Å²) in [6.07, 6.45) is 6.33. The van der Waals surface area contributed by atoms with Gasteiger partial charge in [-0.2, -0.15) is 0 Å². The second-order valence-corrected chi connectivity index (χ2v) is 11.3.